The lowest BCUT2D eigenvalue weighted by molar-refractivity contribution is -0.123. The van der Waals surface area contributed by atoms with Gasteiger partial charge in [-0.05, 0) is 100 Å². The van der Waals surface area contributed by atoms with Crippen molar-refractivity contribution in [1.82, 2.24) is 45.6 Å². The lowest BCUT2D eigenvalue weighted by atomic mass is 9.96. The molecule has 0 spiro atoms. The van der Waals surface area contributed by atoms with Crippen LogP contribution in [0.25, 0.3) is 16.1 Å². The number of rotatable bonds is 30. The van der Waals surface area contributed by atoms with E-state index in [-0.39, 0.29) is 43.7 Å². The zero-order valence-electron chi connectivity index (χ0n) is 45.6. The van der Waals surface area contributed by atoms with Crippen LogP contribution < -0.4 is 31.7 Å². The normalized spacial score (nSPS) is 14.3. The van der Waals surface area contributed by atoms with E-state index in [0.717, 1.165) is 82.6 Å². The van der Waals surface area contributed by atoms with Gasteiger partial charge in [0.2, 0.25) is 17.7 Å². The second-order valence-electron chi connectivity index (χ2n) is 19.4. The minimum Gasteiger partial charge on any atom is -0.457 e. The van der Waals surface area contributed by atoms with Gasteiger partial charge in [-0.2, -0.15) is 0 Å². The molecule has 1 saturated heterocycles. The number of benzene rings is 3. The second kappa shape index (κ2) is 29.9. The highest BCUT2D eigenvalue weighted by molar-refractivity contribution is 7.15. The highest BCUT2D eigenvalue weighted by Crippen LogP contribution is 2.40. The minimum absolute atomic E-state index is 0.0902. The average molecular weight is 1130 g/mol. The fraction of sp³-hybridized carbons (Fsp3) is 0.414. The summed E-state index contributed by atoms with van der Waals surface area (Å²) in [6, 6.07) is 24.4. The molecule has 424 valence electrons. The van der Waals surface area contributed by atoms with Crippen LogP contribution in [0.2, 0.25) is 5.02 Å². The molecule has 0 aliphatic carbocycles. The molecule has 3 aromatic carbocycles. The van der Waals surface area contributed by atoms with Crippen LogP contribution in [-0.4, -0.2) is 152 Å². The maximum absolute atomic E-state index is 13.2. The lowest BCUT2D eigenvalue weighted by Crippen LogP contribution is -2.40. The second-order valence-corrected chi connectivity index (χ2v) is 21.0. The van der Waals surface area contributed by atoms with Crippen LogP contribution in [-0.2, 0) is 33.3 Å². The number of nitrogens with one attached hydrogen (secondary N) is 4. The molecule has 6 N–H and O–H groups in total. The molecule has 8 rings (SSSR count). The first kappa shape index (κ1) is 59.0. The molecule has 80 heavy (non-hydrogen) atoms. The van der Waals surface area contributed by atoms with E-state index in [1.54, 1.807) is 11.3 Å². The van der Waals surface area contributed by atoms with E-state index in [1.165, 1.54) is 11.2 Å². The number of aryl methyl sites for hydroxylation is 2. The number of aliphatic imine (C=N–C) groups is 1. The van der Waals surface area contributed by atoms with Crippen molar-refractivity contribution in [3.63, 3.8) is 0 Å². The summed E-state index contributed by atoms with van der Waals surface area (Å²) >= 11 is 7.90. The van der Waals surface area contributed by atoms with Crippen molar-refractivity contribution >= 4 is 58.0 Å². The van der Waals surface area contributed by atoms with Crippen molar-refractivity contribution in [2.24, 2.45) is 10.9 Å². The number of para-hydroxylation sites is 1. The van der Waals surface area contributed by atoms with Gasteiger partial charge in [-0.15, -0.1) is 21.5 Å². The summed E-state index contributed by atoms with van der Waals surface area (Å²) in [4.78, 5) is 55.7. The van der Waals surface area contributed by atoms with E-state index in [1.807, 2.05) is 90.4 Å². The smallest absolute Gasteiger partial charge is 0.247 e. The summed E-state index contributed by atoms with van der Waals surface area (Å²) in [6.07, 6.45) is 3.65. The number of halogens is 1. The van der Waals surface area contributed by atoms with Gasteiger partial charge >= 0.3 is 0 Å². The summed E-state index contributed by atoms with van der Waals surface area (Å²) in [5, 5.41) is 22.6. The molecule has 5 heterocycles. The van der Waals surface area contributed by atoms with Gasteiger partial charge < -0.3 is 50.7 Å². The van der Waals surface area contributed by atoms with Gasteiger partial charge in [-0.25, -0.2) is 9.97 Å². The molecule has 0 radical (unpaired) electrons. The number of hydrogen-bond acceptors (Lipinski definition) is 17. The number of anilines is 2. The molecule has 3 aromatic heterocycles. The van der Waals surface area contributed by atoms with E-state index in [4.69, 9.17) is 46.0 Å². The van der Waals surface area contributed by atoms with Crippen molar-refractivity contribution in [3.8, 4) is 27.6 Å². The number of aromatic nitrogens is 5. The third kappa shape index (κ3) is 16.7. The molecule has 1 fully saturated rings. The van der Waals surface area contributed by atoms with Gasteiger partial charge in [-0.3, -0.25) is 28.8 Å². The van der Waals surface area contributed by atoms with E-state index < -0.39 is 6.04 Å². The van der Waals surface area contributed by atoms with Gasteiger partial charge in [-0.1, -0.05) is 60.6 Å². The van der Waals surface area contributed by atoms with Crippen LogP contribution in [0.4, 0.5) is 11.6 Å². The standard InChI is InChI=1S/C58H71ClN12O8S/c1-38(36-70-24-18-42(19-25-70)35-64-55-52(54(60)65-37-66-55)43-12-16-47(17-13-43)79-46-8-6-5-7-9-46)57(74)63-22-21-61-49(72)20-26-75-28-30-77-32-33-78-31-29-76-27-23-62-50(73)34-48-56-69-68-41(4)71(56)58-51(39(2)40(3)80-58)53(67-48)44-10-14-45(59)15-11-44/h5-17,37,42,48H,1,18-36H2,2-4H3,(H,61,72)(H,62,73)(H,63,74)(H3,60,64,65,66). The summed E-state index contributed by atoms with van der Waals surface area (Å²) in [6.45, 7) is 16.7. The first-order chi connectivity index (χ1) is 38.9. The molecule has 2 aliphatic rings. The van der Waals surface area contributed by atoms with E-state index in [0.29, 0.717) is 106 Å². The van der Waals surface area contributed by atoms with Crippen LogP contribution in [0.3, 0.4) is 0 Å². The molecule has 6 aromatic rings. The third-order valence-corrected chi connectivity index (χ3v) is 15.1. The fourth-order valence-electron chi connectivity index (χ4n) is 9.22. The largest absolute Gasteiger partial charge is 0.457 e. The Hall–Kier alpha value is -7.11. The number of nitrogens with zero attached hydrogens (tertiary/aromatic N) is 7. The van der Waals surface area contributed by atoms with Crippen molar-refractivity contribution in [2.45, 2.75) is 52.5 Å². The lowest BCUT2D eigenvalue weighted by Gasteiger charge is -2.32. The Morgan fingerprint density at radius 2 is 1.38 bits per heavy atom. The van der Waals surface area contributed by atoms with Crippen LogP contribution >= 0.6 is 22.9 Å². The SMILES string of the molecule is C=C(CN1CCC(CNc2ncnc(N)c2-c2ccc(Oc3ccccc3)cc2)CC1)C(=O)NCCNC(=O)CCOCCOCCOCCOCCNC(=O)CC1N=C(c2ccc(Cl)cc2)c2c(sc(C)c2C)-n2c(C)nnc21. The van der Waals surface area contributed by atoms with Crippen LogP contribution in [0.15, 0.2) is 102 Å². The maximum atomic E-state index is 13.2. The number of fused-ring (bicyclic) bond motifs is 3. The number of ether oxygens (including phenoxy) is 5. The van der Waals surface area contributed by atoms with Gasteiger partial charge in [0, 0.05) is 65.7 Å². The molecular formula is C58H71ClN12O8S. The zero-order valence-corrected chi connectivity index (χ0v) is 47.2. The first-order valence-corrected chi connectivity index (χ1v) is 28.2. The molecule has 2 aliphatic heterocycles. The fourth-order valence-corrected chi connectivity index (χ4v) is 10.6. The number of hydrogen-bond donors (Lipinski definition) is 5. The van der Waals surface area contributed by atoms with E-state index >= 15 is 0 Å². The quantitative estimate of drug-likeness (QED) is 0.0221. The number of nitrogen functional groups attached to an aromatic ring is 1. The highest BCUT2D eigenvalue weighted by Gasteiger charge is 2.32. The number of carbonyl (C=O) groups is 3. The molecule has 0 bridgehead atoms. The van der Waals surface area contributed by atoms with Gasteiger partial charge in [0.1, 0.15) is 46.3 Å². The summed E-state index contributed by atoms with van der Waals surface area (Å²) in [5.41, 5.74) is 12.3. The van der Waals surface area contributed by atoms with Crippen LogP contribution in [0.5, 0.6) is 11.5 Å². The number of amides is 3. The van der Waals surface area contributed by atoms with Gasteiger partial charge in [0.25, 0.3) is 0 Å². The van der Waals surface area contributed by atoms with E-state index in [2.05, 4.69) is 66.8 Å². The van der Waals surface area contributed by atoms with Crippen molar-refractivity contribution < 1.29 is 38.1 Å². The molecular weight excluding hydrogens is 1060 g/mol. The number of likely N-dealkylation sites (tertiary alicyclic amines) is 1. The Kier molecular flexibility index (Phi) is 22.1. The molecule has 1 unspecified atom stereocenters. The maximum Gasteiger partial charge on any atom is 0.247 e. The molecule has 0 saturated carbocycles. The Morgan fingerprint density at radius 3 is 2.09 bits per heavy atom. The third-order valence-electron chi connectivity index (χ3n) is 13.6. The highest BCUT2D eigenvalue weighted by atomic mass is 35.5. The number of carbonyl (C=O) groups excluding carboxylic acids is 3. The number of piperidine rings is 1. The Bertz CT molecular complexity index is 3040. The summed E-state index contributed by atoms with van der Waals surface area (Å²) in [5.74, 6) is 3.74. The van der Waals surface area contributed by atoms with E-state index in [9.17, 15) is 14.4 Å². The zero-order chi connectivity index (χ0) is 56.2. The van der Waals surface area contributed by atoms with Gasteiger partial charge in [0.15, 0.2) is 5.82 Å². The summed E-state index contributed by atoms with van der Waals surface area (Å²) < 4.78 is 30.4. The van der Waals surface area contributed by atoms with Crippen molar-refractivity contribution in [3.05, 3.63) is 136 Å². The predicted octanol–water partition coefficient (Wildman–Crippen LogP) is 7.21. The molecule has 22 heteroatoms. The minimum atomic E-state index is -0.556. The average Bonchev–Trinajstić information content (AvgIpc) is 3.95. The Balaban J connectivity index is 0.603. The van der Waals surface area contributed by atoms with Gasteiger partial charge in [0.05, 0.1) is 70.6 Å². The number of nitrogens with two attached hydrogens (primary N) is 1. The Labute approximate surface area is 475 Å². The monoisotopic (exact) mass is 1130 g/mol. The Morgan fingerprint density at radius 1 is 0.738 bits per heavy atom. The molecule has 1 atom stereocenters. The summed E-state index contributed by atoms with van der Waals surface area (Å²) in [7, 11) is 0. The molecule has 20 nitrogen and oxygen atoms in total. The van der Waals surface area contributed by atoms with Crippen LogP contribution in [0, 0.1) is 26.7 Å². The predicted molar refractivity (Wildman–Crippen MR) is 310 cm³/mol. The van der Waals surface area contributed by atoms with Crippen molar-refractivity contribution in [1.29, 1.82) is 0 Å². The first-order valence-electron chi connectivity index (χ1n) is 27.0. The van der Waals surface area contributed by atoms with Crippen LogP contribution in [0.1, 0.15) is 64.9 Å². The number of thiophene rings is 1. The van der Waals surface area contributed by atoms with Crippen molar-refractivity contribution in [2.75, 3.05) is 110 Å². The topological polar surface area (TPSA) is 244 Å². The molecule has 3 amide bonds.